The van der Waals surface area contributed by atoms with Crippen LogP contribution in [-0.4, -0.2) is 39.4 Å². The molecule has 2 aliphatic rings. The molecule has 0 aromatic carbocycles. The minimum Gasteiger partial charge on any atom is -0.465 e. The Hall–Kier alpha value is -0.770. The number of aliphatic hydroxyl groups excluding tert-OH is 1. The second-order valence-electron chi connectivity index (χ2n) is 4.05. The van der Waals surface area contributed by atoms with Crippen molar-refractivity contribution in [1.82, 2.24) is 4.90 Å². The van der Waals surface area contributed by atoms with E-state index in [9.17, 15) is 9.90 Å². The molecule has 2 saturated heterocycles. The monoisotopic (exact) mass is 185 g/mol. The number of carbonyl (C=O) groups is 1. The summed E-state index contributed by atoms with van der Waals surface area (Å²) in [6.07, 6.45) is 3.09. The lowest BCUT2D eigenvalue weighted by Gasteiger charge is -2.46. The first kappa shape index (κ1) is 8.81. The van der Waals surface area contributed by atoms with Crippen LogP contribution in [0.3, 0.4) is 0 Å². The van der Waals surface area contributed by atoms with Crippen LogP contribution in [0.5, 0.6) is 0 Å². The molecule has 4 heteroatoms. The number of aliphatic hydroxyl groups is 1. The summed E-state index contributed by atoms with van der Waals surface area (Å²) in [5.74, 6) is 0. The lowest BCUT2D eigenvalue weighted by atomic mass is 9.83. The molecule has 13 heavy (non-hydrogen) atoms. The number of nitrogens with zero attached hydrogens (tertiary/aromatic N) is 1. The average molecular weight is 185 g/mol. The van der Waals surface area contributed by atoms with E-state index in [1.165, 1.54) is 0 Å². The number of hydrogen-bond acceptors (Lipinski definition) is 2. The molecule has 0 unspecified atom stereocenters. The third-order valence-electron chi connectivity index (χ3n) is 3.17. The molecule has 0 radical (unpaired) electrons. The van der Waals surface area contributed by atoms with Crippen LogP contribution >= 0.6 is 0 Å². The Bertz CT molecular complexity index is 205. The summed E-state index contributed by atoms with van der Waals surface area (Å²) in [7, 11) is 0. The molecule has 4 nitrogen and oxygen atoms in total. The van der Waals surface area contributed by atoms with Crippen molar-refractivity contribution in [3.05, 3.63) is 0 Å². The lowest BCUT2D eigenvalue weighted by molar-refractivity contribution is -0.0148. The fourth-order valence-electron chi connectivity index (χ4n) is 2.66. The van der Waals surface area contributed by atoms with E-state index in [4.69, 9.17) is 5.11 Å². The Balaban J connectivity index is 2.14. The number of rotatable bonds is 0. The van der Waals surface area contributed by atoms with Gasteiger partial charge in [0.15, 0.2) is 0 Å². The van der Waals surface area contributed by atoms with Crippen molar-refractivity contribution >= 4 is 6.09 Å². The van der Waals surface area contributed by atoms with Gasteiger partial charge >= 0.3 is 6.09 Å². The third-order valence-corrected chi connectivity index (χ3v) is 3.17. The molecule has 3 atom stereocenters. The van der Waals surface area contributed by atoms with E-state index >= 15 is 0 Å². The van der Waals surface area contributed by atoms with Crippen molar-refractivity contribution in [2.45, 2.75) is 50.3 Å². The smallest absolute Gasteiger partial charge is 0.407 e. The van der Waals surface area contributed by atoms with Crippen LogP contribution in [0.15, 0.2) is 0 Å². The van der Waals surface area contributed by atoms with Crippen molar-refractivity contribution in [3.8, 4) is 0 Å². The first-order valence-corrected chi connectivity index (χ1v) is 4.88. The highest BCUT2D eigenvalue weighted by Crippen LogP contribution is 2.33. The van der Waals surface area contributed by atoms with Gasteiger partial charge in [-0.2, -0.15) is 0 Å². The lowest BCUT2D eigenvalue weighted by Crippen LogP contribution is -2.55. The number of hydrogen-bond donors (Lipinski definition) is 2. The van der Waals surface area contributed by atoms with Crippen molar-refractivity contribution < 1.29 is 15.0 Å². The van der Waals surface area contributed by atoms with Crippen LogP contribution in [0.4, 0.5) is 4.79 Å². The van der Waals surface area contributed by atoms with Crippen LogP contribution in [0.25, 0.3) is 0 Å². The SMILES string of the molecule is O=C(O)N1[C@@H]2CCC[C@H]1C[C@@H](O)C2. The molecular weight excluding hydrogens is 170 g/mol. The summed E-state index contributed by atoms with van der Waals surface area (Å²) in [5, 5.41) is 18.5. The number of carboxylic acid groups (broad SMARTS) is 1. The summed E-state index contributed by atoms with van der Waals surface area (Å²) in [5.41, 5.74) is 0. The van der Waals surface area contributed by atoms with Crippen molar-refractivity contribution in [3.63, 3.8) is 0 Å². The average Bonchev–Trinajstić information content (AvgIpc) is 2.01. The molecule has 2 N–H and O–H groups in total. The Kier molecular flexibility index (Phi) is 2.15. The summed E-state index contributed by atoms with van der Waals surface area (Å²) in [6, 6.07) is 0.139. The van der Waals surface area contributed by atoms with E-state index in [2.05, 4.69) is 0 Å². The molecule has 0 spiro atoms. The minimum absolute atomic E-state index is 0.0694. The molecule has 0 aromatic heterocycles. The van der Waals surface area contributed by atoms with Crippen LogP contribution in [0, 0.1) is 0 Å². The zero-order valence-corrected chi connectivity index (χ0v) is 7.52. The molecule has 2 bridgehead atoms. The Morgan fingerprint density at radius 3 is 2.23 bits per heavy atom. The molecule has 2 aliphatic heterocycles. The van der Waals surface area contributed by atoms with Gasteiger partial charge in [-0.05, 0) is 32.1 Å². The standard InChI is InChI=1S/C9H15NO3/c11-8-4-6-2-1-3-7(5-8)10(6)9(12)13/h6-8,11H,1-5H2,(H,12,13)/t6-,7+,8+. The number of amides is 1. The highest BCUT2D eigenvalue weighted by Gasteiger charge is 2.40. The molecule has 74 valence electrons. The molecule has 0 aliphatic carbocycles. The van der Waals surface area contributed by atoms with Gasteiger partial charge < -0.3 is 15.1 Å². The van der Waals surface area contributed by atoms with E-state index in [0.29, 0.717) is 12.8 Å². The zero-order chi connectivity index (χ0) is 9.42. The highest BCUT2D eigenvalue weighted by atomic mass is 16.4. The summed E-state index contributed by atoms with van der Waals surface area (Å²) in [6.45, 7) is 0. The number of piperidine rings is 2. The first-order chi connectivity index (χ1) is 6.18. The maximum atomic E-state index is 10.9. The normalized spacial score (nSPS) is 38.8. The second kappa shape index (κ2) is 3.18. The van der Waals surface area contributed by atoms with Crippen LogP contribution in [-0.2, 0) is 0 Å². The van der Waals surface area contributed by atoms with Gasteiger partial charge in [-0.15, -0.1) is 0 Å². The van der Waals surface area contributed by atoms with E-state index in [0.717, 1.165) is 19.3 Å². The number of fused-ring (bicyclic) bond motifs is 2. The van der Waals surface area contributed by atoms with E-state index in [1.807, 2.05) is 0 Å². The Morgan fingerprint density at radius 1 is 1.23 bits per heavy atom. The van der Waals surface area contributed by atoms with Gasteiger partial charge in [-0.1, -0.05) is 0 Å². The van der Waals surface area contributed by atoms with Gasteiger partial charge in [-0.25, -0.2) is 4.79 Å². The first-order valence-electron chi connectivity index (χ1n) is 4.88. The van der Waals surface area contributed by atoms with Crippen LogP contribution < -0.4 is 0 Å². The van der Waals surface area contributed by atoms with Crippen molar-refractivity contribution in [2.75, 3.05) is 0 Å². The van der Waals surface area contributed by atoms with E-state index in [-0.39, 0.29) is 18.2 Å². The van der Waals surface area contributed by atoms with E-state index < -0.39 is 6.09 Å². The van der Waals surface area contributed by atoms with Gasteiger partial charge in [0.25, 0.3) is 0 Å². The molecule has 2 heterocycles. The highest BCUT2D eigenvalue weighted by molar-refractivity contribution is 5.66. The van der Waals surface area contributed by atoms with Gasteiger partial charge in [0.1, 0.15) is 0 Å². The van der Waals surface area contributed by atoms with Crippen molar-refractivity contribution in [2.24, 2.45) is 0 Å². The second-order valence-corrected chi connectivity index (χ2v) is 4.05. The Labute approximate surface area is 77.2 Å². The predicted octanol–water partition coefficient (Wildman–Crippen LogP) is 1.04. The van der Waals surface area contributed by atoms with Gasteiger partial charge in [0.2, 0.25) is 0 Å². The Morgan fingerprint density at radius 2 is 1.77 bits per heavy atom. The van der Waals surface area contributed by atoms with Gasteiger partial charge in [0, 0.05) is 12.1 Å². The summed E-state index contributed by atoms with van der Waals surface area (Å²) < 4.78 is 0. The minimum atomic E-state index is -0.818. The quantitative estimate of drug-likeness (QED) is 0.592. The topological polar surface area (TPSA) is 60.8 Å². The molecule has 0 aromatic rings. The predicted molar refractivity (Wildman–Crippen MR) is 46.5 cm³/mol. The molecule has 2 rings (SSSR count). The van der Waals surface area contributed by atoms with Gasteiger partial charge in [0.05, 0.1) is 6.10 Å². The fourth-order valence-corrected chi connectivity index (χ4v) is 2.66. The maximum Gasteiger partial charge on any atom is 0.407 e. The molecule has 1 amide bonds. The molecular formula is C9H15NO3. The summed E-state index contributed by atoms with van der Waals surface area (Å²) in [4.78, 5) is 12.5. The fraction of sp³-hybridized carbons (Fsp3) is 0.889. The largest absolute Gasteiger partial charge is 0.465 e. The maximum absolute atomic E-state index is 10.9. The van der Waals surface area contributed by atoms with Crippen molar-refractivity contribution in [1.29, 1.82) is 0 Å². The van der Waals surface area contributed by atoms with Gasteiger partial charge in [-0.3, -0.25) is 0 Å². The third kappa shape index (κ3) is 1.50. The van der Waals surface area contributed by atoms with E-state index in [1.54, 1.807) is 4.90 Å². The zero-order valence-electron chi connectivity index (χ0n) is 7.52. The van der Waals surface area contributed by atoms with Crippen LogP contribution in [0.2, 0.25) is 0 Å². The summed E-state index contributed by atoms with van der Waals surface area (Å²) >= 11 is 0. The molecule has 0 saturated carbocycles. The molecule has 2 fully saturated rings. The van der Waals surface area contributed by atoms with Crippen LogP contribution in [0.1, 0.15) is 32.1 Å².